The van der Waals surface area contributed by atoms with Crippen LogP contribution >= 0.6 is 11.6 Å². The molecule has 2 nitrogen and oxygen atoms in total. The molecule has 0 spiro atoms. The molecule has 2 aromatic carbocycles. The van der Waals surface area contributed by atoms with E-state index < -0.39 is 11.6 Å². The van der Waals surface area contributed by atoms with Gasteiger partial charge in [0.05, 0.1) is 0 Å². The van der Waals surface area contributed by atoms with E-state index in [1.807, 2.05) is 0 Å². The number of nitrogens with two attached hydrogens (primary N) is 1. The van der Waals surface area contributed by atoms with E-state index in [-0.39, 0.29) is 12.4 Å². The summed E-state index contributed by atoms with van der Waals surface area (Å²) in [4.78, 5) is 0. The maximum absolute atomic E-state index is 13.8. The highest BCUT2D eigenvalue weighted by atomic mass is 35.5. The summed E-state index contributed by atoms with van der Waals surface area (Å²) in [5.74, 6) is -0.872. The fraction of sp³-hybridized carbons (Fsp3) is 0.200. The molecule has 0 heterocycles. The third-order valence-corrected chi connectivity index (χ3v) is 3.06. The van der Waals surface area contributed by atoms with Gasteiger partial charge in [0.2, 0.25) is 0 Å². The second kappa shape index (κ2) is 6.68. The summed E-state index contributed by atoms with van der Waals surface area (Å²) >= 11 is 5.66. The quantitative estimate of drug-likeness (QED) is 0.913. The molecule has 2 N–H and O–H groups in total. The number of hydrogen-bond acceptors (Lipinski definition) is 2. The van der Waals surface area contributed by atoms with Gasteiger partial charge in [0.1, 0.15) is 12.4 Å². The van der Waals surface area contributed by atoms with Crippen LogP contribution in [0.2, 0.25) is 5.02 Å². The van der Waals surface area contributed by atoms with E-state index in [9.17, 15) is 8.78 Å². The fourth-order valence-electron chi connectivity index (χ4n) is 1.78. The highest BCUT2D eigenvalue weighted by molar-refractivity contribution is 6.30. The first-order valence-corrected chi connectivity index (χ1v) is 6.53. The number of ether oxygens (including phenoxy) is 1. The van der Waals surface area contributed by atoms with Crippen molar-refractivity contribution in [3.8, 4) is 5.75 Å². The highest BCUT2D eigenvalue weighted by Gasteiger charge is 2.08. The van der Waals surface area contributed by atoms with Gasteiger partial charge < -0.3 is 10.5 Å². The first-order chi connectivity index (χ1) is 9.60. The molecule has 106 valence electrons. The summed E-state index contributed by atoms with van der Waals surface area (Å²) < 4.78 is 32.6. The molecule has 0 atom stereocenters. The van der Waals surface area contributed by atoms with Crippen molar-refractivity contribution >= 4 is 11.6 Å². The van der Waals surface area contributed by atoms with Crippen molar-refractivity contribution in [2.75, 3.05) is 6.54 Å². The monoisotopic (exact) mass is 297 g/mol. The number of rotatable bonds is 5. The average molecular weight is 298 g/mol. The molecule has 0 aromatic heterocycles. The predicted octanol–water partition coefficient (Wildman–Crippen LogP) is 3.70. The molecule has 5 heteroatoms. The number of halogens is 3. The second-order valence-electron chi connectivity index (χ2n) is 4.33. The van der Waals surface area contributed by atoms with Crippen LogP contribution in [0.1, 0.15) is 11.1 Å². The third-order valence-electron chi connectivity index (χ3n) is 2.83. The second-order valence-corrected chi connectivity index (χ2v) is 4.76. The summed E-state index contributed by atoms with van der Waals surface area (Å²) in [7, 11) is 0. The molecule has 0 amide bonds. The number of hydrogen-bond donors (Lipinski definition) is 1. The lowest BCUT2D eigenvalue weighted by Crippen LogP contribution is -2.04. The van der Waals surface area contributed by atoms with Gasteiger partial charge in [0, 0.05) is 10.6 Å². The Morgan fingerprint density at radius 1 is 1.05 bits per heavy atom. The van der Waals surface area contributed by atoms with E-state index in [1.165, 1.54) is 24.3 Å². The van der Waals surface area contributed by atoms with Crippen molar-refractivity contribution < 1.29 is 13.5 Å². The van der Waals surface area contributed by atoms with Gasteiger partial charge in [-0.1, -0.05) is 23.7 Å². The minimum atomic E-state index is -0.481. The lowest BCUT2D eigenvalue weighted by atomic mass is 10.1. The summed E-state index contributed by atoms with van der Waals surface area (Å²) in [5, 5.41) is 0.309. The van der Waals surface area contributed by atoms with Gasteiger partial charge in [0.25, 0.3) is 0 Å². The van der Waals surface area contributed by atoms with Crippen molar-refractivity contribution in [1.82, 2.24) is 0 Å². The van der Waals surface area contributed by atoms with Gasteiger partial charge >= 0.3 is 0 Å². The Hall–Kier alpha value is -1.65. The Balaban J connectivity index is 2.07. The van der Waals surface area contributed by atoms with E-state index >= 15 is 0 Å². The molecule has 2 rings (SSSR count). The molecule has 0 aliphatic rings. The zero-order valence-electron chi connectivity index (χ0n) is 10.7. The molecular formula is C15H14ClF2NO. The lowest BCUT2D eigenvalue weighted by Gasteiger charge is -2.09. The highest BCUT2D eigenvalue weighted by Crippen LogP contribution is 2.21. The zero-order valence-corrected chi connectivity index (χ0v) is 11.5. The molecular weight excluding hydrogens is 284 g/mol. The first kappa shape index (κ1) is 14.8. The number of benzene rings is 2. The van der Waals surface area contributed by atoms with Gasteiger partial charge in [-0.2, -0.15) is 0 Å². The standard InChI is InChI=1S/C15H14ClF2NO/c16-12-3-2-11(13(17)8-12)9-20-15-4-1-10(5-6-19)7-14(15)18/h1-4,7-8H,5-6,9,19H2. The average Bonchev–Trinajstić information content (AvgIpc) is 2.40. The van der Waals surface area contributed by atoms with Crippen LogP contribution in [0.15, 0.2) is 36.4 Å². The van der Waals surface area contributed by atoms with E-state index in [1.54, 1.807) is 12.1 Å². The molecule has 20 heavy (non-hydrogen) atoms. The minimum Gasteiger partial charge on any atom is -0.486 e. The zero-order chi connectivity index (χ0) is 14.5. The van der Waals surface area contributed by atoms with Crippen LogP contribution in [0.4, 0.5) is 8.78 Å². The van der Waals surface area contributed by atoms with Crippen LogP contribution in [-0.2, 0) is 13.0 Å². The minimum absolute atomic E-state index is 0.0594. The van der Waals surface area contributed by atoms with Crippen LogP contribution in [0, 0.1) is 11.6 Å². The van der Waals surface area contributed by atoms with E-state index in [4.69, 9.17) is 22.1 Å². The Labute approximate surface area is 121 Å². The van der Waals surface area contributed by atoms with Crippen molar-refractivity contribution in [2.45, 2.75) is 13.0 Å². The predicted molar refractivity (Wildman–Crippen MR) is 74.9 cm³/mol. The normalized spacial score (nSPS) is 10.6. The fourth-order valence-corrected chi connectivity index (χ4v) is 1.94. The van der Waals surface area contributed by atoms with Gasteiger partial charge in [-0.05, 0) is 42.8 Å². The topological polar surface area (TPSA) is 35.2 Å². The van der Waals surface area contributed by atoms with Gasteiger partial charge in [-0.15, -0.1) is 0 Å². The van der Waals surface area contributed by atoms with Gasteiger partial charge in [-0.25, -0.2) is 8.78 Å². The summed E-state index contributed by atoms with van der Waals surface area (Å²) in [6.07, 6.45) is 0.600. The van der Waals surface area contributed by atoms with Crippen molar-refractivity contribution in [3.63, 3.8) is 0 Å². The molecule has 0 aliphatic heterocycles. The molecule has 0 saturated heterocycles. The van der Waals surface area contributed by atoms with Crippen molar-refractivity contribution in [2.24, 2.45) is 5.73 Å². The summed E-state index contributed by atoms with van der Waals surface area (Å²) in [5.41, 5.74) is 6.53. The molecule has 0 unspecified atom stereocenters. The SMILES string of the molecule is NCCc1ccc(OCc2ccc(Cl)cc2F)c(F)c1. The molecule has 0 saturated carbocycles. The van der Waals surface area contributed by atoms with E-state index in [2.05, 4.69) is 0 Å². The smallest absolute Gasteiger partial charge is 0.165 e. The van der Waals surface area contributed by atoms with Crippen LogP contribution in [0.3, 0.4) is 0 Å². The molecule has 2 aromatic rings. The Morgan fingerprint density at radius 3 is 2.50 bits per heavy atom. The molecule has 0 aliphatic carbocycles. The van der Waals surface area contributed by atoms with Crippen LogP contribution in [0.25, 0.3) is 0 Å². The van der Waals surface area contributed by atoms with E-state index in [0.717, 1.165) is 5.56 Å². The largest absolute Gasteiger partial charge is 0.486 e. The molecule has 0 bridgehead atoms. The van der Waals surface area contributed by atoms with Crippen molar-refractivity contribution in [3.05, 3.63) is 64.2 Å². The van der Waals surface area contributed by atoms with Crippen LogP contribution in [0.5, 0.6) is 5.75 Å². The van der Waals surface area contributed by atoms with Gasteiger partial charge in [0.15, 0.2) is 11.6 Å². The Bertz CT molecular complexity index is 604. The Kier molecular flexibility index (Phi) is 4.93. The van der Waals surface area contributed by atoms with E-state index in [0.29, 0.717) is 23.6 Å². The maximum atomic E-state index is 13.8. The summed E-state index contributed by atoms with van der Waals surface area (Å²) in [6, 6.07) is 8.90. The molecule has 0 radical (unpaired) electrons. The molecule has 0 fully saturated rings. The first-order valence-electron chi connectivity index (χ1n) is 6.15. The van der Waals surface area contributed by atoms with Gasteiger partial charge in [-0.3, -0.25) is 0 Å². The maximum Gasteiger partial charge on any atom is 0.165 e. The lowest BCUT2D eigenvalue weighted by molar-refractivity contribution is 0.284. The Morgan fingerprint density at radius 2 is 1.85 bits per heavy atom. The van der Waals surface area contributed by atoms with Crippen molar-refractivity contribution in [1.29, 1.82) is 0 Å². The third kappa shape index (κ3) is 3.68. The summed E-state index contributed by atoms with van der Waals surface area (Å²) in [6.45, 7) is 0.395. The van der Waals surface area contributed by atoms with Crippen LogP contribution in [-0.4, -0.2) is 6.54 Å². The van der Waals surface area contributed by atoms with Crippen LogP contribution < -0.4 is 10.5 Å².